The Balaban J connectivity index is 1.57. The molecule has 44 heavy (non-hydrogen) atoms. The number of carbonyl (C=O) groups excluding carboxylic acids is 1. The Kier molecular flexibility index (Phi) is 10.4. The highest BCUT2D eigenvalue weighted by atomic mass is 32.2. The second kappa shape index (κ2) is 13.8. The number of piperidine rings is 1. The van der Waals surface area contributed by atoms with Crippen LogP contribution < -0.4 is 15.4 Å². The lowest BCUT2D eigenvalue weighted by Gasteiger charge is -2.37. The molecule has 2 N–H and O–H groups in total. The number of benzene rings is 1. The smallest absolute Gasteiger partial charge is 0.406 e. The predicted octanol–water partition coefficient (Wildman–Crippen LogP) is 2.96. The number of imidazole rings is 1. The van der Waals surface area contributed by atoms with Gasteiger partial charge in [0.15, 0.2) is 14.9 Å². The maximum absolute atomic E-state index is 13.5. The topological polar surface area (TPSA) is 128 Å². The number of methoxy groups -OCH3 is 2. The first-order chi connectivity index (χ1) is 20.8. The number of nitrogens with zero attached hydrogens (tertiary/aromatic N) is 4. The van der Waals surface area contributed by atoms with E-state index in [1.165, 1.54) is 31.5 Å². The van der Waals surface area contributed by atoms with Crippen LogP contribution in [0.3, 0.4) is 0 Å². The molecule has 0 radical (unpaired) electrons. The van der Waals surface area contributed by atoms with Crippen LogP contribution in [0.25, 0.3) is 11.0 Å². The van der Waals surface area contributed by atoms with Gasteiger partial charge < -0.3 is 29.6 Å². The van der Waals surface area contributed by atoms with Crippen molar-refractivity contribution >= 4 is 32.5 Å². The third-order valence-corrected chi connectivity index (χ3v) is 8.26. The molecule has 3 aromatic rings. The zero-order valence-corrected chi connectivity index (χ0v) is 25.7. The Morgan fingerprint density at radius 3 is 2.64 bits per heavy atom. The number of halogens is 3. The summed E-state index contributed by atoms with van der Waals surface area (Å²) in [7, 11) is -0.500. The van der Waals surface area contributed by atoms with Gasteiger partial charge in [-0.05, 0) is 24.5 Å². The number of ether oxygens (including phenoxy) is 2. The second-order valence-corrected chi connectivity index (χ2v) is 12.6. The molecule has 4 rings (SSSR count). The third-order valence-electron chi connectivity index (χ3n) is 7.28. The highest BCUT2D eigenvalue weighted by Gasteiger charge is 2.31. The predicted molar refractivity (Wildman–Crippen MR) is 158 cm³/mol. The van der Waals surface area contributed by atoms with Crippen LogP contribution >= 0.6 is 0 Å². The third kappa shape index (κ3) is 8.40. The van der Waals surface area contributed by atoms with Crippen molar-refractivity contribution in [3.63, 3.8) is 0 Å². The van der Waals surface area contributed by atoms with Crippen LogP contribution in [-0.2, 0) is 21.1 Å². The quantitative estimate of drug-likeness (QED) is 0.323. The molecule has 1 fully saturated rings. The summed E-state index contributed by atoms with van der Waals surface area (Å²) >= 11 is 0. The number of likely N-dealkylation sites (tertiary alicyclic amines) is 1. The summed E-state index contributed by atoms with van der Waals surface area (Å²) in [4.78, 5) is 23.9. The van der Waals surface area contributed by atoms with E-state index in [0.29, 0.717) is 17.9 Å². The van der Waals surface area contributed by atoms with Crippen molar-refractivity contribution in [3.8, 4) is 17.6 Å². The normalized spacial score (nSPS) is 17.6. The molecule has 1 aromatic carbocycles. The first-order valence-corrected chi connectivity index (χ1v) is 15.7. The van der Waals surface area contributed by atoms with Crippen LogP contribution in [0.1, 0.15) is 29.3 Å². The second-order valence-electron chi connectivity index (χ2n) is 10.7. The largest absolute Gasteiger partial charge is 0.494 e. The van der Waals surface area contributed by atoms with E-state index in [0.717, 1.165) is 43.2 Å². The van der Waals surface area contributed by atoms with Gasteiger partial charge in [0, 0.05) is 50.7 Å². The molecule has 11 nitrogen and oxygen atoms in total. The minimum absolute atomic E-state index is 0.0663. The van der Waals surface area contributed by atoms with E-state index in [9.17, 15) is 26.4 Å². The molecule has 0 aliphatic carbocycles. The van der Waals surface area contributed by atoms with Gasteiger partial charge in [-0.25, -0.2) is 18.4 Å². The average Bonchev–Trinajstić information content (AvgIpc) is 3.35. The lowest BCUT2D eigenvalue weighted by molar-refractivity contribution is -0.139. The van der Waals surface area contributed by atoms with Crippen LogP contribution in [0, 0.1) is 17.8 Å². The number of nitrogens with one attached hydrogen (secondary N) is 2. The summed E-state index contributed by atoms with van der Waals surface area (Å²) in [5.74, 6) is 5.75. The van der Waals surface area contributed by atoms with E-state index in [1.54, 1.807) is 7.11 Å². The molecule has 1 saturated heterocycles. The van der Waals surface area contributed by atoms with Gasteiger partial charge in [-0.3, -0.25) is 4.79 Å². The van der Waals surface area contributed by atoms with Crippen molar-refractivity contribution in [3.05, 3.63) is 41.9 Å². The molecule has 0 saturated carbocycles. The molecule has 1 aliphatic heterocycles. The Labute approximate surface area is 254 Å². The van der Waals surface area contributed by atoms with Crippen LogP contribution in [0.5, 0.6) is 5.75 Å². The van der Waals surface area contributed by atoms with Gasteiger partial charge in [0.1, 0.15) is 17.8 Å². The summed E-state index contributed by atoms with van der Waals surface area (Å²) in [5, 5.41) is 5.90. The van der Waals surface area contributed by atoms with Gasteiger partial charge in [0.05, 0.1) is 49.6 Å². The lowest BCUT2D eigenvalue weighted by Crippen LogP contribution is -2.50. The summed E-state index contributed by atoms with van der Waals surface area (Å²) in [6.07, 6.45) is -0.355. The first-order valence-electron chi connectivity index (χ1n) is 13.8. The fourth-order valence-electron chi connectivity index (χ4n) is 5.05. The van der Waals surface area contributed by atoms with Gasteiger partial charge in [0.2, 0.25) is 0 Å². The van der Waals surface area contributed by atoms with Crippen molar-refractivity contribution < 1.29 is 35.9 Å². The molecular weight excluding hydrogens is 601 g/mol. The Morgan fingerprint density at radius 1 is 1.20 bits per heavy atom. The van der Waals surface area contributed by atoms with Crippen molar-refractivity contribution in [2.24, 2.45) is 5.92 Å². The first kappa shape index (κ1) is 33.0. The van der Waals surface area contributed by atoms with Crippen LogP contribution in [-0.4, -0.2) is 99.2 Å². The molecule has 0 unspecified atom stereocenters. The van der Waals surface area contributed by atoms with Crippen LogP contribution in [0.15, 0.2) is 35.7 Å². The number of alkyl halides is 3. The molecule has 238 valence electrons. The van der Waals surface area contributed by atoms with Crippen molar-refractivity contribution in [2.75, 3.05) is 58.6 Å². The van der Waals surface area contributed by atoms with E-state index in [2.05, 4.69) is 37.3 Å². The summed E-state index contributed by atoms with van der Waals surface area (Å²) in [5.41, 5.74) is 1.15. The van der Waals surface area contributed by atoms with Gasteiger partial charge in [-0.2, -0.15) is 13.2 Å². The number of fused-ring (bicyclic) bond motifs is 1. The number of carbonyl (C=O) groups is 1. The van der Waals surface area contributed by atoms with E-state index >= 15 is 0 Å². The number of sulfone groups is 1. The van der Waals surface area contributed by atoms with Crippen LogP contribution in [0.2, 0.25) is 0 Å². The highest BCUT2D eigenvalue weighted by Crippen LogP contribution is 2.27. The van der Waals surface area contributed by atoms with Gasteiger partial charge >= 0.3 is 6.18 Å². The number of amides is 1. The molecule has 3 heterocycles. The van der Waals surface area contributed by atoms with E-state index in [-0.39, 0.29) is 45.9 Å². The number of rotatable bonds is 10. The van der Waals surface area contributed by atoms with Crippen molar-refractivity contribution in [1.29, 1.82) is 0 Å². The van der Waals surface area contributed by atoms with Crippen molar-refractivity contribution in [1.82, 2.24) is 24.8 Å². The Hall–Kier alpha value is -3.87. The standard InChI is InChI=1S/C29H35F3N6O5S/c1-19-16-37(10-11-42-2)9-7-22(19)36-28(39)21-12-20(13-24-27(21)35-18-38(24)17-29(30,31)32)6-5-8-33-23-15-34-26(44(4,40)41)14-25(23)43-3/h12-15,18-19,22,33H,7-11,16-17H2,1-4H3,(H,36,39)/t19-,22-/m0/s1. The number of hydrogen-bond donors (Lipinski definition) is 2. The monoisotopic (exact) mass is 636 g/mol. The summed E-state index contributed by atoms with van der Waals surface area (Å²) in [6.45, 7) is 3.82. The molecular formula is C29H35F3N6O5S. The number of hydrogen-bond acceptors (Lipinski definition) is 9. The highest BCUT2D eigenvalue weighted by molar-refractivity contribution is 7.90. The SMILES string of the molecule is COCCN1CC[C@H](NC(=O)c2cc(C#CCNc3cnc(S(C)(=O)=O)cc3OC)cc3c2ncn3CC(F)(F)F)[C@@H](C)C1. The van der Waals surface area contributed by atoms with Crippen LogP contribution in [0.4, 0.5) is 18.9 Å². The molecule has 1 aliphatic rings. The van der Waals surface area contributed by atoms with Gasteiger partial charge in [-0.1, -0.05) is 18.8 Å². The zero-order chi connectivity index (χ0) is 32.1. The molecule has 0 bridgehead atoms. The van der Waals surface area contributed by atoms with Crippen molar-refractivity contribution in [2.45, 2.75) is 37.1 Å². The zero-order valence-electron chi connectivity index (χ0n) is 24.9. The fourth-order valence-corrected chi connectivity index (χ4v) is 5.62. The molecule has 2 aromatic heterocycles. The maximum atomic E-state index is 13.5. The lowest BCUT2D eigenvalue weighted by atomic mass is 9.93. The van der Waals surface area contributed by atoms with E-state index in [4.69, 9.17) is 9.47 Å². The van der Waals surface area contributed by atoms with Gasteiger partial charge in [0.25, 0.3) is 5.91 Å². The molecule has 2 atom stereocenters. The van der Waals surface area contributed by atoms with Gasteiger partial charge in [-0.15, -0.1) is 0 Å². The number of anilines is 1. The minimum Gasteiger partial charge on any atom is -0.494 e. The molecule has 0 spiro atoms. The number of pyridine rings is 1. The minimum atomic E-state index is -4.49. The maximum Gasteiger partial charge on any atom is 0.406 e. The summed E-state index contributed by atoms with van der Waals surface area (Å²) in [6, 6.07) is 4.16. The van der Waals surface area contributed by atoms with E-state index in [1.807, 2.05) is 6.92 Å². The average molecular weight is 637 g/mol. The molecule has 15 heteroatoms. The summed E-state index contributed by atoms with van der Waals surface area (Å²) < 4.78 is 74.9. The number of aromatic nitrogens is 3. The Bertz CT molecular complexity index is 1670. The molecule has 1 amide bonds. The van der Waals surface area contributed by atoms with E-state index < -0.39 is 28.5 Å². The Morgan fingerprint density at radius 2 is 1.98 bits per heavy atom. The fraction of sp³-hybridized carbons (Fsp3) is 0.483.